The van der Waals surface area contributed by atoms with E-state index in [0.29, 0.717) is 5.56 Å². The number of amides is 1. The first-order chi connectivity index (χ1) is 7.84. The minimum atomic E-state index is -0.888. The van der Waals surface area contributed by atoms with Gasteiger partial charge in [0.25, 0.3) is 0 Å². The van der Waals surface area contributed by atoms with Gasteiger partial charge < -0.3 is 11.1 Å². The van der Waals surface area contributed by atoms with Gasteiger partial charge in [-0.15, -0.1) is 0 Å². The zero-order valence-electron chi connectivity index (χ0n) is 10.3. The van der Waals surface area contributed by atoms with Crippen LogP contribution in [-0.4, -0.2) is 11.4 Å². The molecular formula is C13H17N3O. The quantitative estimate of drug-likeness (QED) is 0.826. The molecule has 1 atom stereocenters. The number of nitriles is 1. The molecule has 0 saturated heterocycles. The Hall–Kier alpha value is -1.86. The average Bonchev–Trinajstić information content (AvgIpc) is 2.27. The zero-order chi connectivity index (χ0) is 13.1. The normalized spacial score (nSPS) is 12.6. The van der Waals surface area contributed by atoms with Gasteiger partial charge in [0.05, 0.1) is 23.2 Å². The summed E-state index contributed by atoms with van der Waals surface area (Å²) in [7, 11) is 0. The first-order valence-corrected chi connectivity index (χ1v) is 5.44. The van der Waals surface area contributed by atoms with E-state index >= 15 is 0 Å². The first-order valence-electron chi connectivity index (χ1n) is 5.44. The summed E-state index contributed by atoms with van der Waals surface area (Å²) in [6.07, 6.45) is 0. The van der Waals surface area contributed by atoms with Crippen LogP contribution in [0, 0.1) is 11.3 Å². The summed E-state index contributed by atoms with van der Waals surface area (Å²) < 4.78 is 0. The van der Waals surface area contributed by atoms with Crippen LogP contribution in [0.2, 0.25) is 0 Å². The molecule has 0 aliphatic heterocycles. The molecule has 4 heteroatoms. The molecule has 0 fully saturated rings. The number of carbonyl (C=O) groups excluding carboxylic acids is 1. The maximum Gasteiger partial charge on any atom is 0.239 e. The second-order valence-corrected chi connectivity index (χ2v) is 4.65. The number of rotatable bonds is 3. The fourth-order valence-electron chi connectivity index (χ4n) is 1.31. The van der Waals surface area contributed by atoms with Gasteiger partial charge in [0.15, 0.2) is 0 Å². The molecular weight excluding hydrogens is 214 g/mol. The minimum absolute atomic E-state index is 0.127. The lowest BCUT2D eigenvalue weighted by molar-refractivity contribution is -0.125. The summed E-state index contributed by atoms with van der Waals surface area (Å²) >= 11 is 0. The molecule has 0 saturated carbocycles. The highest BCUT2D eigenvalue weighted by Crippen LogP contribution is 2.14. The van der Waals surface area contributed by atoms with Crippen molar-refractivity contribution in [3.05, 3.63) is 35.4 Å². The lowest BCUT2D eigenvalue weighted by atomic mass is 10.0. The number of nitrogens with two attached hydrogens (primary N) is 1. The van der Waals surface area contributed by atoms with Crippen LogP contribution in [0.5, 0.6) is 0 Å². The standard InChI is InChI=1S/C13H17N3O/c1-9(16-12(17)13(2,3)15)11-6-4-10(8-14)5-7-11/h4-7,9H,15H2,1-3H3,(H,16,17). The van der Waals surface area contributed by atoms with E-state index < -0.39 is 5.54 Å². The van der Waals surface area contributed by atoms with Crippen LogP contribution in [0.1, 0.15) is 37.9 Å². The Balaban J connectivity index is 2.74. The Morgan fingerprint density at radius 3 is 2.35 bits per heavy atom. The summed E-state index contributed by atoms with van der Waals surface area (Å²) in [5.41, 5.74) is 6.36. The van der Waals surface area contributed by atoms with E-state index in [2.05, 4.69) is 11.4 Å². The molecule has 90 valence electrons. The van der Waals surface area contributed by atoms with Crippen LogP contribution in [0.25, 0.3) is 0 Å². The highest BCUT2D eigenvalue weighted by atomic mass is 16.2. The van der Waals surface area contributed by atoms with Gasteiger partial charge in [-0.25, -0.2) is 0 Å². The number of carbonyl (C=O) groups is 1. The van der Waals surface area contributed by atoms with E-state index in [-0.39, 0.29) is 11.9 Å². The van der Waals surface area contributed by atoms with Crippen LogP contribution in [0.4, 0.5) is 0 Å². The van der Waals surface area contributed by atoms with E-state index in [4.69, 9.17) is 11.0 Å². The SMILES string of the molecule is CC(NC(=O)C(C)(C)N)c1ccc(C#N)cc1. The van der Waals surface area contributed by atoms with Crippen molar-refractivity contribution in [1.29, 1.82) is 5.26 Å². The summed E-state index contributed by atoms with van der Waals surface area (Å²) in [6.45, 7) is 5.20. The molecule has 0 radical (unpaired) electrons. The minimum Gasteiger partial charge on any atom is -0.348 e. The van der Waals surface area contributed by atoms with E-state index in [1.54, 1.807) is 26.0 Å². The Labute approximate surface area is 101 Å². The Morgan fingerprint density at radius 1 is 1.41 bits per heavy atom. The monoisotopic (exact) mass is 231 g/mol. The van der Waals surface area contributed by atoms with Crippen molar-refractivity contribution >= 4 is 5.91 Å². The molecule has 0 heterocycles. The molecule has 0 aliphatic carbocycles. The third-order valence-electron chi connectivity index (χ3n) is 2.47. The summed E-state index contributed by atoms with van der Waals surface area (Å²) in [5, 5.41) is 11.5. The summed E-state index contributed by atoms with van der Waals surface area (Å²) in [5.74, 6) is -0.200. The predicted octanol–water partition coefficient (Wildman–Crippen LogP) is 1.47. The van der Waals surface area contributed by atoms with Gasteiger partial charge in [0, 0.05) is 0 Å². The van der Waals surface area contributed by atoms with Crippen molar-refractivity contribution in [2.24, 2.45) is 5.73 Å². The van der Waals surface area contributed by atoms with E-state index in [1.807, 2.05) is 19.1 Å². The predicted molar refractivity (Wildman–Crippen MR) is 66.0 cm³/mol. The van der Waals surface area contributed by atoms with Gasteiger partial charge in [0.2, 0.25) is 5.91 Å². The van der Waals surface area contributed by atoms with Crippen molar-refractivity contribution in [3.8, 4) is 6.07 Å². The van der Waals surface area contributed by atoms with Crippen molar-refractivity contribution in [1.82, 2.24) is 5.32 Å². The summed E-state index contributed by atoms with van der Waals surface area (Å²) in [6, 6.07) is 9.03. The first kappa shape index (κ1) is 13.2. The molecule has 1 rings (SSSR count). The molecule has 0 spiro atoms. The van der Waals surface area contributed by atoms with Crippen molar-refractivity contribution in [2.45, 2.75) is 32.4 Å². The zero-order valence-corrected chi connectivity index (χ0v) is 10.3. The second kappa shape index (κ2) is 4.98. The number of nitrogens with one attached hydrogen (secondary N) is 1. The lowest BCUT2D eigenvalue weighted by Gasteiger charge is -2.22. The van der Waals surface area contributed by atoms with Crippen LogP contribution >= 0.6 is 0 Å². The maximum atomic E-state index is 11.7. The van der Waals surface area contributed by atoms with Gasteiger partial charge in [0.1, 0.15) is 0 Å². The Kier molecular flexibility index (Phi) is 3.87. The molecule has 0 aliphatic rings. The van der Waals surface area contributed by atoms with Crippen LogP contribution in [-0.2, 0) is 4.79 Å². The topological polar surface area (TPSA) is 78.9 Å². The number of nitrogens with zero attached hydrogens (tertiary/aromatic N) is 1. The molecule has 0 bridgehead atoms. The smallest absolute Gasteiger partial charge is 0.239 e. The van der Waals surface area contributed by atoms with E-state index in [9.17, 15) is 4.79 Å². The van der Waals surface area contributed by atoms with Gasteiger partial charge in [-0.3, -0.25) is 4.79 Å². The van der Waals surface area contributed by atoms with Crippen molar-refractivity contribution < 1.29 is 4.79 Å². The van der Waals surface area contributed by atoms with Gasteiger partial charge in [-0.1, -0.05) is 12.1 Å². The Morgan fingerprint density at radius 2 is 1.94 bits per heavy atom. The highest BCUT2D eigenvalue weighted by Gasteiger charge is 2.23. The average molecular weight is 231 g/mol. The molecule has 17 heavy (non-hydrogen) atoms. The third-order valence-corrected chi connectivity index (χ3v) is 2.47. The molecule has 1 aromatic carbocycles. The third kappa shape index (κ3) is 3.58. The van der Waals surface area contributed by atoms with Gasteiger partial charge in [-0.05, 0) is 38.5 Å². The fraction of sp³-hybridized carbons (Fsp3) is 0.385. The van der Waals surface area contributed by atoms with Gasteiger partial charge >= 0.3 is 0 Å². The number of hydrogen-bond donors (Lipinski definition) is 2. The second-order valence-electron chi connectivity index (χ2n) is 4.65. The molecule has 3 N–H and O–H groups in total. The summed E-state index contributed by atoms with van der Waals surface area (Å²) in [4.78, 5) is 11.7. The highest BCUT2D eigenvalue weighted by molar-refractivity contribution is 5.85. The molecule has 0 aromatic heterocycles. The van der Waals surface area contributed by atoms with Crippen LogP contribution < -0.4 is 11.1 Å². The van der Waals surface area contributed by atoms with Crippen molar-refractivity contribution in [2.75, 3.05) is 0 Å². The van der Waals surface area contributed by atoms with Crippen molar-refractivity contribution in [3.63, 3.8) is 0 Å². The molecule has 1 unspecified atom stereocenters. The molecule has 4 nitrogen and oxygen atoms in total. The van der Waals surface area contributed by atoms with Crippen LogP contribution in [0.15, 0.2) is 24.3 Å². The lowest BCUT2D eigenvalue weighted by Crippen LogP contribution is -2.49. The maximum absolute atomic E-state index is 11.7. The molecule has 1 aromatic rings. The number of hydrogen-bond acceptors (Lipinski definition) is 3. The largest absolute Gasteiger partial charge is 0.348 e. The van der Waals surface area contributed by atoms with Gasteiger partial charge in [-0.2, -0.15) is 5.26 Å². The van der Waals surface area contributed by atoms with E-state index in [0.717, 1.165) is 5.56 Å². The van der Waals surface area contributed by atoms with Crippen LogP contribution in [0.3, 0.4) is 0 Å². The Bertz CT molecular complexity index is 437. The van der Waals surface area contributed by atoms with E-state index in [1.165, 1.54) is 0 Å². The molecule has 1 amide bonds. The fourth-order valence-corrected chi connectivity index (χ4v) is 1.31. The number of benzene rings is 1.